The second-order valence-electron chi connectivity index (χ2n) is 9.87. The van der Waals surface area contributed by atoms with Gasteiger partial charge < -0.3 is 0 Å². The van der Waals surface area contributed by atoms with Gasteiger partial charge in [0.05, 0.1) is 22.2 Å². The van der Waals surface area contributed by atoms with Gasteiger partial charge in [0.2, 0.25) is 5.95 Å². The van der Waals surface area contributed by atoms with Crippen molar-refractivity contribution in [1.29, 1.82) is 0 Å². The number of benzene rings is 6. The van der Waals surface area contributed by atoms with Gasteiger partial charge in [0.25, 0.3) is 0 Å². The van der Waals surface area contributed by atoms with E-state index in [1.807, 2.05) is 6.07 Å². The molecule has 39 heavy (non-hydrogen) atoms. The molecule has 0 N–H and O–H groups in total. The SMILES string of the molecule is c1ccc(-c2ccc3c4ccccc4n(-c4nc(-c5ccccc5)c5ccc6ccccc6c5n4)c3c2)cc1. The molecule has 0 spiro atoms. The van der Waals surface area contributed by atoms with Crippen molar-refractivity contribution in [1.82, 2.24) is 14.5 Å². The molecule has 2 heterocycles. The molecule has 0 amide bonds. The largest absolute Gasteiger partial charge is 0.278 e. The Bertz CT molecular complexity index is 2160. The van der Waals surface area contributed by atoms with Crippen LogP contribution in [0.3, 0.4) is 0 Å². The Labute approximate surface area is 225 Å². The summed E-state index contributed by atoms with van der Waals surface area (Å²) in [6.45, 7) is 0. The van der Waals surface area contributed by atoms with Crippen LogP contribution in [0.2, 0.25) is 0 Å². The van der Waals surface area contributed by atoms with E-state index < -0.39 is 0 Å². The van der Waals surface area contributed by atoms with Gasteiger partial charge in [-0.15, -0.1) is 0 Å². The van der Waals surface area contributed by atoms with Crippen molar-refractivity contribution in [3.05, 3.63) is 140 Å². The van der Waals surface area contributed by atoms with Crippen molar-refractivity contribution >= 4 is 43.5 Å². The molecule has 182 valence electrons. The summed E-state index contributed by atoms with van der Waals surface area (Å²) in [5.41, 5.74) is 7.52. The van der Waals surface area contributed by atoms with E-state index in [1.54, 1.807) is 0 Å². The molecule has 0 saturated carbocycles. The van der Waals surface area contributed by atoms with E-state index in [0.717, 1.165) is 38.6 Å². The molecule has 0 radical (unpaired) electrons. The van der Waals surface area contributed by atoms with E-state index in [9.17, 15) is 0 Å². The van der Waals surface area contributed by atoms with Gasteiger partial charge >= 0.3 is 0 Å². The summed E-state index contributed by atoms with van der Waals surface area (Å²) in [5, 5.41) is 5.72. The van der Waals surface area contributed by atoms with Crippen molar-refractivity contribution in [3.63, 3.8) is 0 Å². The lowest BCUT2D eigenvalue weighted by molar-refractivity contribution is 1.02. The summed E-state index contributed by atoms with van der Waals surface area (Å²) in [7, 11) is 0. The quantitative estimate of drug-likeness (QED) is 0.228. The Morgan fingerprint density at radius 1 is 0.410 bits per heavy atom. The van der Waals surface area contributed by atoms with E-state index in [-0.39, 0.29) is 0 Å². The van der Waals surface area contributed by atoms with Crippen LogP contribution in [0.25, 0.3) is 71.8 Å². The zero-order chi connectivity index (χ0) is 25.8. The first kappa shape index (κ1) is 21.8. The second kappa shape index (κ2) is 8.64. The van der Waals surface area contributed by atoms with Crippen LogP contribution in [-0.4, -0.2) is 14.5 Å². The Balaban J connectivity index is 1.51. The molecule has 0 unspecified atom stereocenters. The fraction of sp³-hybridized carbons (Fsp3) is 0. The number of nitrogens with zero attached hydrogens (tertiary/aromatic N) is 3. The van der Waals surface area contributed by atoms with Gasteiger partial charge in [0, 0.05) is 27.1 Å². The Kier molecular flexibility index (Phi) is 4.82. The average molecular weight is 498 g/mol. The topological polar surface area (TPSA) is 30.7 Å². The van der Waals surface area contributed by atoms with Crippen LogP contribution in [0.15, 0.2) is 140 Å². The molecule has 0 bridgehead atoms. The Morgan fingerprint density at radius 2 is 1.05 bits per heavy atom. The summed E-state index contributed by atoms with van der Waals surface area (Å²) >= 11 is 0. The van der Waals surface area contributed by atoms with Crippen molar-refractivity contribution < 1.29 is 0 Å². The van der Waals surface area contributed by atoms with Crippen molar-refractivity contribution in [2.45, 2.75) is 0 Å². The third kappa shape index (κ3) is 3.44. The monoisotopic (exact) mass is 497 g/mol. The normalized spacial score (nSPS) is 11.6. The first-order chi connectivity index (χ1) is 19.3. The molecular weight excluding hydrogens is 474 g/mol. The van der Waals surface area contributed by atoms with Crippen LogP contribution >= 0.6 is 0 Å². The standard InChI is InChI=1S/C36H23N3/c1-3-11-24(12-4-1)27-20-21-30-29-17-9-10-18-32(29)39(33(30)23-27)36-37-34(26-14-5-2-6-15-26)31-22-19-25-13-7-8-16-28(25)35(31)38-36/h1-23H. The second-order valence-corrected chi connectivity index (χ2v) is 9.87. The first-order valence-electron chi connectivity index (χ1n) is 13.2. The highest BCUT2D eigenvalue weighted by atomic mass is 15.2. The highest BCUT2D eigenvalue weighted by Gasteiger charge is 2.18. The smallest absolute Gasteiger partial charge is 0.235 e. The summed E-state index contributed by atoms with van der Waals surface area (Å²) in [6.07, 6.45) is 0. The Hall–Kier alpha value is -5.28. The Morgan fingerprint density at radius 3 is 1.87 bits per heavy atom. The van der Waals surface area contributed by atoms with E-state index in [0.29, 0.717) is 5.95 Å². The van der Waals surface area contributed by atoms with Gasteiger partial charge in [0.1, 0.15) is 0 Å². The number of hydrogen-bond acceptors (Lipinski definition) is 2. The van der Waals surface area contributed by atoms with Gasteiger partial charge in [-0.05, 0) is 34.7 Å². The molecule has 2 aromatic heterocycles. The minimum absolute atomic E-state index is 0.675. The predicted molar refractivity (Wildman–Crippen MR) is 162 cm³/mol. The van der Waals surface area contributed by atoms with Crippen molar-refractivity contribution in [3.8, 4) is 28.3 Å². The van der Waals surface area contributed by atoms with Gasteiger partial charge in [-0.25, -0.2) is 9.97 Å². The number of fused-ring (bicyclic) bond motifs is 6. The molecule has 0 aliphatic heterocycles. The van der Waals surface area contributed by atoms with Crippen LogP contribution in [0.4, 0.5) is 0 Å². The maximum absolute atomic E-state index is 5.29. The van der Waals surface area contributed by atoms with Gasteiger partial charge in [-0.1, -0.05) is 121 Å². The average Bonchev–Trinajstić information content (AvgIpc) is 3.35. The van der Waals surface area contributed by atoms with Gasteiger partial charge in [-0.3, -0.25) is 4.57 Å². The van der Waals surface area contributed by atoms with Gasteiger partial charge in [0.15, 0.2) is 0 Å². The van der Waals surface area contributed by atoms with Crippen LogP contribution in [0.1, 0.15) is 0 Å². The van der Waals surface area contributed by atoms with Crippen molar-refractivity contribution in [2.75, 3.05) is 0 Å². The summed E-state index contributed by atoms with van der Waals surface area (Å²) in [6, 6.07) is 49.0. The first-order valence-corrected chi connectivity index (χ1v) is 13.2. The minimum atomic E-state index is 0.675. The number of para-hydroxylation sites is 1. The zero-order valence-electron chi connectivity index (χ0n) is 21.1. The lowest BCUT2D eigenvalue weighted by atomic mass is 10.0. The molecule has 8 rings (SSSR count). The number of rotatable bonds is 3. The van der Waals surface area contributed by atoms with E-state index in [2.05, 4.69) is 138 Å². The van der Waals surface area contributed by atoms with E-state index in [4.69, 9.17) is 9.97 Å². The zero-order valence-corrected chi connectivity index (χ0v) is 21.1. The summed E-state index contributed by atoms with van der Waals surface area (Å²) < 4.78 is 2.23. The third-order valence-electron chi connectivity index (χ3n) is 7.61. The summed E-state index contributed by atoms with van der Waals surface area (Å²) in [5.74, 6) is 0.675. The van der Waals surface area contributed by atoms with E-state index in [1.165, 1.54) is 27.3 Å². The predicted octanol–water partition coefficient (Wildman–Crippen LogP) is 9.21. The van der Waals surface area contributed by atoms with Crippen LogP contribution < -0.4 is 0 Å². The lowest BCUT2D eigenvalue weighted by Crippen LogP contribution is -2.04. The number of hydrogen-bond donors (Lipinski definition) is 0. The molecule has 0 aliphatic carbocycles. The highest BCUT2D eigenvalue weighted by molar-refractivity contribution is 6.12. The fourth-order valence-corrected chi connectivity index (χ4v) is 5.76. The van der Waals surface area contributed by atoms with Gasteiger partial charge in [-0.2, -0.15) is 0 Å². The van der Waals surface area contributed by atoms with Crippen molar-refractivity contribution in [2.24, 2.45) is 0 Å². The van der Waals surface area contributed by atoms with Crippen LogP contribution in [0.5, 0.6) is 0 Å². The summed E-state index contributed by atoms with van der Waals surface area (Å²) in [4.78, 5) is 10.6. The molecule has 8 aromatic rings. The molecular formula is C36H23N3. The fourth-order valence-electron chi connectivity index (χ4n) is 5.76. The maximum Gasteiger partial charge on any atom is 0.235 e. The molecule has 0 saturated heterocycles. The number of aromatic nitrogens is 3. The molecule has 0 aliphatic rings. The van der Waals surface area contributed by atoms with Crippen LogP contribution in [-0.2, 0) is 0 Å². The maximum atomic E-state index is 5.29. The molecule has 6 aromatic carbocycles. The third-order valence-corrected chi connectivity index (χ3v) is 7.61. The molecule has 0 atom stereocenters. The molecule has 3 heteroatoms. The molecule has 3 nitrogen and oxygen atoms in total. The lowest BCUT2D eigenvalue weighted by Gasteiger charge is -2.13. The highest BCUT2D eigenvalue weighted by Crippen LogP contribution is 2.37. The minimum Gasteiger partial charge on any atom is -0.278 e. The van der Waals surface area contributed by atoms with Crippen LogP contribution in [0, 0.1) is 0 Å². The van der Waals surface area contributed by atoms with E-state index >= 15 is 0 Å². The molecule has 0 fully saturated rings.